The second-order valence-corrected chi connectivity index (χ2v) is 6.05. The fourth-order valence-corrected chi connectivity index (χ4v) is 2.66. The zero-order chi connectivity index (χ0) is 13.4. The molecule has 1 heterocycles. The molecule has 1 N–H and O–H groups in total. The Labute approximate surface area is 114 Å². The van der Waals surface area contributed by atoms with E-state index in [0.717, 1.165) is 13.1 Å². The maximum atomic E-state index is 3.60. The van der Waals surface area contributed by atoms with Gasteiger partial charge in [0.25, 0.3) is 0 Å². The van der Waals surface area contributed by atoms with Gasteiger partial charge in [0.15, 0.2) is 0 Å². The van der Waals surface area contributed by atoms with E-state index in [1.807, 2.05) is 0 Å². The Kier molecular flexibility index (Phi) is 7.20. The van der Waals surface area contributed by atoms with Crippen LogP contribution in [0.5, 0.6) is 0 Å². The van der Waals surface area contributed by atoms with Crippen LogP contribution in [-0.4, -0.2) is 62.2 Å². The lowest BCUT2D eigenvalue weighted by atomic mass is 9.86. The molecule has 108 valence electrons. The van der Waals surface area contributed by atoms with Gasteiger partial charge in [-0.05, 0) is 31.3 Å². The maximum absolute atomic E-state index is 3.60. The van der Waals surface area contributed by atoms with Crippen molar-refractivity contribution < 1.29 is 0 Å². The number of nitrogens with one attached hydrogen (secondary N) is 1. The maximum Gasteiger partial charge on any atom is 0.0110 e. The summed E-state index contributed by atoms with van der Waals surface area (Å²) in [5, 5.41) is 3.60. The van der Waals surface area contributed by atoms with Gasteiger partial charge in [0.05, 0.1) is 0 Å². The molecule has 0 aromatic rings. The van der Waals surface area contributed by atoms with E-state index >= 15 is 0 Å². The molecule has 3 nitrogen and oxygen atoms in total. The largest absolute Gasteiger partial charge is 0.316 e. The summed E-state index contributed by atoms with van der Waals surface area (Å²) in [5.41, 5.74) is 0.434. The van der Waals surface area contributed by atoms with E-state index in [9.17, 15) is 0 Å². The van der Waals surface area contributed by atoms with E-state index in [4.69, 9.17) is 0 Å². The second kappa shape index (κ2) is 8.13. The van der Waals surface area contributed by atoms with Crippen LogP contribution in [0.25, 0.3) is 0 Å². The number of hydrogen-bond acceptors (Lipinski definition) is 3. The van der Waals surface area contributed by atoms with Gasteiger partial charge in [0, 0.05) is 39.3 Å². The monoisotopic (exact) mass is 255 g/mol. The molecule has 0 radical (unpaired) electrons. The van der Waals surface area contributed by atoms with Gasteiger partial charge in [-0.15, -0.1) is 0 Å². The summed E-state index contributed by atoms with van der Waals surface area (Å²) in [7, 11) is 0. The van der Waals surface area contributed by atoms with Gasteiger partial charge in [-0.1, -0.05) is 27.7 Å². The average Bonchev–Trinajstić information content (AvgIpc) is 2.40. The minimum atomic E-state index is 0.434. The highest BCUT2D eigenvalue weighted by Crippen LogP contribution is 2.22. The summed E-state index contributed by atoms with van der Waals surface area (Å²) < 4.78 is 0. The molecule has 1 fully saturated rings. The molecule has 18 heavy (non-hydrogen) atoms. The quantitative estimate of drug-likeness (QED) is 0.670. The van der Waals surface area contributed by atoms with Gasteiger partial charge in [0.2, 0.25) is 0 Å². The van der Waals surface area contributed by atoms with Crippen LogP contribution in [0.2, 0.25) is 0 Å². The number of likely N-dealkylation sites (N-methyl/N-ethyl adjacent to an activating group) is 1. The highest BCUT2D eigenvalue weighted by atomic mass is 15.3. The Morgan fingerprint density at radius 3 is 2.11 bits per heavy atom. The van der Waals surface area contributed by atoms with Gasteiger partial charge in [-0.3, -0.25) is 0 Å². The third kappa shape index (κ3) is 5.25. The zero-order valence-corrected chi connectivity index (χ0v) is 13.0. The minimum Gasteiger partial charge on any atom is -0.316 e. The molecular formula is C15H33N3. The van der Waals surface area contributed by atoms with E-state index in [0.29, 0.717) is 5.41 Å². The predicted octanol–water partition coefficient (Wildman–Crippen LogP) is 2.04. The van der Waals surface area contributed by atoms with E-state index in [1.165, 1.54) is 52.1 Å². The third-order valence-electron chi connectivity index (χ3n) is 4.35. The molecule has 0 aliphatic carbocycles. The van der Waals surface area contributed by atoms with Crippen molar-refractivity contribution in [3.63, 3.8) is 0 Å². The lowest BCUT2D eigenvalue weighted by Gasteiger charge is -2.40. The standard InChI is InChI=1S/C15H33N3/c1-5-8-16-13-15(4,6-2)14-18-11-9-17(7-3)10-12-18/h16H,5-14H2,1-4H3. The molecule has 0 amide bonds. The minimum absolute atomic E-state index is 0.434. The fourth-order valence-electron chi connectivity index (χ4n) is 2.66. The Morgan fingerprint density at radius 1 is 1.00 bits per heavy atom. The number of rotatable bonds is 8. The van der Waals surface area contributed by atoms with Gasteiger partial charge in [0.1, 0.15) is 0 Å². The van der Waals surface area contributed by atoms with Crippen LogP contribution in [0.3, 0.4) is 0 Å². The molecule has 1 rings (SSSR count). The van der Waals surface area contributed by atoms with Crippen molar-refractivity contribution in [3.8, 4) is 0 Å². The Balaban J connectivity index is 2.33. The van der Waals surface area contributed by atoms with E-state index in [-0.39, 0.29) is 0 Å². The van der Waals surface area contributed by atoms with Crippen LogP contribution in [0, 0.1) is 5.41 Å². The molecule has 0 aromatic carbocycles. The van der Waals surface area contributed by atoms with E-state index in [1.54, 1.807) is 0 Å². The fraction of sp³-hybridized carbons (Fsp3) is 1.00. The van der Waals surface area contributed by atoms with Crippen LogP contribution in [0.15, 0.2) is 0 Å². The summed E-state index contributed by atoms with van der Waals surface area (Å²) in [6.45, 7) is 19.0. The molecule has 0 spiro atoms. The molecule has 0 aromatic heterocycles. The van der Waals surface area contributed by atoms with Gasteiger partial charge in [-0.2, -0.15) is 0 Å². The van der Waals surface area contributed by atoms with Crippen molar-refractivity contribution in [1.82, 2.24) is 15.1 Å². The van der Waals surface area contributed by atoms with Crippen molar-refractivity contribution in [3.05, 3.63) is 0 Å². The van der Waals surface area contributed by atoms with Crippen molar-refractivity contribution in [2.75, 3.05) is 52.4 Å². The van der Waals surface area contributed by atoms with Crippen LogP contribution < -0.4 is 5.32 Å². The predicted molar refractivity (Wildman–Crippen MR) is 80.1 cm³/mol. The number of piperazine rings is 1. The first-order chi connectivity index (χ1) is 8.63. The lowest BCUT2D eigenvalue weighted by Crippen LogP contribution is -2.50. The Bertz CT molecular complexity index is 212. The van der Waals surface area contributed by atoms with Crippen molar-refractivity contribution >= 4 is 0 Å². The molecule has 1 aliphatic heterocycles. The zero-order valence-electron chi connectivity index (χ0n) is 13.0. The Hall–Kier alpha value is -0.120. The smallest absolute Gasteiger partial charge is 0.0110 e. The van der Waals surface area contributed by atoms with E-state index in [2.05, 4.69) is 42.8 Å². The van der Waals surface area contributed by atoms with Crippen molar-refractivity contribution in [2.45, 2.75) is 40.5 Å². The van der Waals surface area contributed by atoms with Crippen LogP contribution in [0.1, 0.15) is 40.5 Å². The molecule has 3 heteroatoms. The van der Waals surface area contributed by atoms with Crippen LogP contribution in [-0.2, 0) is 0 Å². The highest BCUT2D eigenvalue weighted by Gasteiger charge is 2.26. The third-order valence-corrected chi connectivity index (χ3v) is 4.35. The summed E-state index contributed by atoms with van der Waals surface area (Å²) in [6, 6.07) is 0. The van der Waals surface area contributed by atoms with Crippen molar-refractivity contribution in [2.24, 2.45) is 5.41 Å². The first-order valence-corrected chi connectivity index (χ1v) is 7.79. The van der Waals surface area contributed by atoms with Crippen LogP contribution in [0.4, 0.5) is 0 Å². The lowest BCUT2D eigenvalue weighted by molar-refractivity contribution is 0.0909. The molecule has 1 aliphatic rings. The molecule has 1 atom stereocenters. The van der Waals surface area contributed by atoms with Gasteiger partial charge in [-0.25, -0.2) is 0 Å². The van der Waals surface area contributed by atoms with Crippen molar-refractivity contribution in [1.29, 1.82) is 0 Å². The normalized spacial score (nSPS) is 22.0. The number of hydrogen-bond donors (Lipinski definition) is 1. The van der Waals surface area contributed by atoms with Crippen LogP contribution >= 0.6 is 0 Å². The summed E-state index contributed by atoms with van der Waals surface area (Å²) >= 11 is 0. The van der Waals surface area contributed by atoms with Gasteiger partial charge < -0.3 is 15.1 Å². The summed E-state index contributed by atoms with van der Waals surface area (Å²) in [4.78, 5) is 5.21. The molecule has 1 unspecified atom stereocenters. The Morgan fingerprint density at radius 2 is 1.61 bits per heavy atom. The van der Waals surface area contributed by atoms with Gasteiger partial charge >= 0.3 is 0 Å². The highest BCUT2D eigenvalue weighted by molar-refractivity contribution is 4.82. The molecule has 0 saturated carbocycles. The second-order valence-electron chi connectivity index (χ2n) is 6.05. The summed E-state index contributed by atoms with van der Waals surface area (Å²) in [6.07, 6.45) is 2.49. The first-order valence-electron chi connectivity index (χ1n) is 7.79. The number of nitrogens with zero attached hydrogens (tertiary/aromatic N) is 2. The molecular weight excluding hydrogens is 222 g/mol. The SMILES string of the molecule is CCCNCC(C)(CC)CN1CCN(CC)CC1. The topological polar surface area (TPSA) is 18.5 Å². The molecule has 1 saturated heterocycles. The molecule has 0 bridgehead atoms. The first kappa shape index (κ1) is 15.9. The summed E-state index contributed by atoms with van der Waals surface area (Å²) in [5.74, 6) is 0. The van der Waals surface area contributed by atoms with E-state index < -0.39 is 0 Å². The average molecular weight is 255 g/mol.